The van der Waals surface area contributed by atoms with Gasteiger partial charge in [-0.2, -0.15) is 0 Å². The van der Waals surface area contributed by atoms with Crippen LogP contribution in [-0.4, -0.2) is 21.5 Å². The molecular formula is C23H24N2O4S. The number of hydrogen-bond acceptors (Lipinski definition) is 5. The molecule has 156 valence electrons. The first-order valence-electron chi connectivity index (χ1n) is 9.43. The molecule has 0 bridgehead atoms. The predicted molar refractivity (Wildman–Crippen MR) is 118 cm³/mol. The van der Waals surface area contributed by atoms with Crippen LogP contribution >= 0.6 is 0 Å². The number of rotatable bonds is 7. The van der Waals surface area contributed by atoms with Gasteiger partial charge in [-0.15, -0.1) is 0 Å². The summed E-state index contributed by atoms with van der Waals surface area (Å²) < 4.78 is 33.7. The van der Waals surface area contributed by atoms with Crippen molar-refractivity contribution >= 4 is 27.4 Å². The van der Waals surface area contributed by atoms with Crippen molar-refractivity contribution in [1.29, 1.82) is 0 Å². The van der Waals surface area contributed by atoms with Crippen molar-refractivity contribution in [3.05, 3.63) is 89.5 Å². The molecule has 3 aromatic rings. The third-order valence-corrected chi connectivity index (χ3v) is 6.09. The van der Waals surface area contributed by atoms with Crippen LogP contribution in [0.15, 0.2) is 77.7 Å². The van der Waals surface area contributed by atoms with Gasteiger partial charge in [-0.1, -0.05) is 48.0 Å². The Labute approximate surface area is 177 Å². The van der Waals surface area contributed by atoms with Gasteiger partial charge in [0.25, 0.3) is 10.0 Å². The first kappa shape index (κ1) is 21.4. The summed E-state index contributed by atoms with van der Waals surface area (Å²) in [4.78, 5) is 12.0. The Morgan fingerprint density at radius 2 is 1.63 bits per heavy atom. The molecule has 0 heterocycles. The molecule has 6 nitrogen and oxygen atoms in total. The zero-order valence-corrected chi connectivity index (χ0v) is 17.9. The summed E-state index contributed by atoms with van der Waals surface area (Å²) in [5.41, 5.74) is 3.00. The van der Waals surface area contributed by atoms with Crippen LogP contribution in [0.3, 0.4) is 0 Å². The summed E-state index contributed by atoms with van der Waals surface area (Å²) in [5, 5.41) is 3.24. The van der Waals surface area contributed by atoms with E-state index < -0.39 is 16.0 Å². The highest BCUT2D eigenvalue weighted by molar-refractivity contribution is 7.92. The van der Waals surface area contributed by atoms with Crippen molar-refractivity contribution in [2.75, 3.05) is 17.1 Å². The van der Waals surface area contributed by atoms with Gasteiger partial charge in [0.1, 0.15) is 4.90 Å². The minimum Gasteiger partial charge on any atom is -0.465 e. The normalized spacial score (nSPS) is 12.1. The molecule has 0 spiro atoms. The molecule has 3 rings (SSSR count). The van der Waals surface area contributed by atoms with Crippen LogP contribution < -0.4 is 10.0 Å². The minimum atomic E-state index is -3.97. The number of carbonyl (C=O) groups excluding carboxylic acids is 1. The molecule has 1 atom stereocenters. The van der Waals surface area contributed by atoms with Gasteiger partial charge < -0.3 is 10.1 Å². The predicted octanol–water partition coefficient (Wildman–Crippen LogP) is 4.76. The fourth-order valence-corrected chi connectivity index (χ4v) is 4.25. The van der Waals surface area contributed by atoms with Crippen molar-refractivity contribution in [1.82, 2.24) is 0 Å². The lowest BCUT2D eigenvalue weighted by atomic mass is 10.1. The van der Waals surface area contributed by atoms with Crippen molar-refractivity contribution < 1.29 is 17.9 Å². The van der Waals surface area contributed by atoms with E-state index in [0.29, 0.717) is 11.4 Å². The number of ether oxygens (including phenoxy) is 1. The second-order valence-corrected chi connectivity index (χ2v) is 8.60. The molecule has 3 aromatic carbocycles. The van der Waals surface area contributed by atoms with Gasteiger partial charge in [-0.3, -0.25) is 4.72 Å². The fourth-order valence-electron chi connectivity index (χ4n) is 3.00. The average Bonchev–Trinajstić information content (AvgIpc) is 2.75. The second kappa shape index (κ2) is 9.00. The molecule has 0 aliphatic carbocycles. The van der Waals surface area contributed by atoms with E-state index in [9.17, 15) is 13.2 Å². The zero-order valence-electron chi connectivity index (χ0n) is 17.0. The Balaban J connectivity index is 2.00. The van der Waals surface area contributed by atoms with E-state index in [4.69, 9.17) is 4.74 Å². The third kappa shape index (κ3) is 4.99. The standard InChI is InChI=1S/C23H24N2O4S/c1-16-9-12-20(13-10-16)25-30(27,28)22-15-19(23(26)29-3)11-14-21(22)24-17(2)18-7-5-4-6-8-18/h4-15,17,24-25H,1-3H3. The molecule has 30 heavy (non-hydrogen) atoms. The largest absolute Gasteiger partial charge is 0.465 e. The number of anilines is 2. The lowest BCUT2D eigenvalue weighted by Crippen LogP contribution is -2.18. The highest BCUT2D eigenvalue weighted by atomic mass is 32.2. The van der Waals surface area contributed by atoms with Crippen LogP contribution in [0, 0.1) is 6.92 Å². The molecule has 0 saturated carbocycles. The summed E-state index contributed by atoms with van der Waals surface area (Å²) in [6.07, 6.45) is 0. The van der Waals surface area contributed by atoms with E-state index in [1.807, 2.05) is 56.3 Å². The number of nitrogens with one attached hydrogen (secondary N) is 2. The molecule has 0 amide bonds. The highest BCUT2D eigenvalue weighted by Gasteiger charge is 2.22. The Bertz CT molecular complexity index is 1130. The molecule has 0 aromatic heterocycles. The minimum absolute atomic E-state index is 0.0336. The average molecular weight is 425 g/mol. The van der Waals surface area contributed by atoms with Crippen LogP contribution in [0.25, 0.3) is 0 Å². The van der Waals surface area contributed by atoms with E-state index in [0.717, 1.165) is 11.1 Å². The van der Waals surface area contributed by atoms with Crippen LogP contribution in [0.4, 0.5) is 11.4 Å². The molecule has 0 fully saturated rings. The Kier molecular flexibility index (Phi) is 6.42. The fraction of sp³-hybridized carbons (Fsp3) is 0.174. The van der Waals surface area contributed by atoms with E-state index >= 15 is 0 Å². The maximum absolute atomic E-state index is 13.2. The third-order valence-electron chi connectivity index (χ3n) is 4.67. The number of methoxy groups -OCH3 is 1. The smallest absolute Gasteiger partial charge is 0.337 e. The molecule has 7 heteroatoms. The summed E-state index contributed by atoms with van der Waals surface area (Å²) >= 11 is 0. The first-order valence-corrected chi connectivity index (χ1v) is 10.9. The molecular weight excluding hydrogens is 400 g/mol. The lowest BCUT2D eigenvalue weighted by Gasteiger charge is -2.19. The van der Waals surface area contributed by atoms with Crippen LogP contribution in [0.2, 0.25) is 0 Å². The molecule has 0 aliphatic rings. The monoisotopic (exact) mass is 424 g/mol. The molecule has 0 aliphatic heterocycles. The summed E-state index contributed by atoms with van der Waals surface area (Å²) in [5.74, 6) is -0.607. The Hall–Kier alpha value is -3.32. The second-order valence-electron chi connectivity index (χ2n) is 6.95. The summed E-state index contributed by atoms with van der Waals surface area (Å²) in [6.45, 7) is 3.86. The number of carbonyl (C=O) groups is 1. The quantitative estimate of drug-likeness (QED) is 0.535. The summed E-state index contributed by atoms with van der Waals surface area (Å²) in [6, 6.07) is 21.0. The van der Waals surface area contributed by atoms with Crippen molar-refractivity contribution in [2.24, 2.45) is 0 Å². The molecule has 2 N–H and O–H groups in total. The Morgan fingerprint density at radius 3 is 2.27 bits per heavy atom. The number of hydrogen-bond donors (Lipinski definition) is 2. The molecule has 1 unspecified atom stereocenters. The van der Waals surface area contributed by atoms with E-state index in [2.05, 4.69) is 10.0 Å². The van der Waals surface area contributed by atoms with Gasteiger partial charge in [0, 0.05) is 11.7 Å². The number of aryl methyl sites for hydroxylation is 1. The van der Waals surface area contributed by atoms with Gasteiger partial charge in [-0.25, -0.2) is 13.2 Å². The number of sulfonamides is 1. The van der Waals surface area contributed by atoms with Crippen LogP contribution in [0.1, 0.15) is 34.5 Å². The van der Waals surface area contributed by atoms with Gasteiger partial charge in [0.2, 0.25) is 0 Å². The van der Waals surface area contributed by atoms with Gasteiger partial charge in [-0.05, 0) is 49.7 Å². The van der Waals surface area contributed by atoms with Crippen molar-refractivity contribution in [3.8, 4) is 0 Å². The maximum Gasteiger partial charge on any atom is 0.337 e. The number of esters is 1. The first-order chi connectivity index (χ1) is 14.3. The molecule has 0 radical (unpaired) electrons. The van der Waals surface area contributed by atoms with Crippen LogP contribution in [-0.2, 0) is 14.8 Å². The van der Waals surface area contributed by atoms with Crippen molar-refractivity contribution in [2.45, 2.75) is 24.8 Å². The van der Waals surface area contributed by atoms with E-state index in [1.54, 1.807) is 18.2 Å². The van der Waals surface area contributed by atoms with E-state index in [1.165, 1.54) is 19.2 Å². The zero-order chi connectivity index (χ0) is 21.7. The maximum atomic E-state index is 13.2. The highest BCUT2D eigenvalue weighted by Crippen LogP contribution is 2.29. The lowest BCUT2D eigenvalue weighted by molar-refractivity contribution is 0.0600. The van der Waals surface area contributed by atoms with Crippen LogP contribution in [0.5, 0.6) is 0 Å². The van der Waals surface area contributed by atoms with Gasteiger partial charge in [0.15, 0.2) is 0 Å². The van der Waals surface area contributed by atoms with Gasteiger partial charge in [0.05, 0.1) is 18.4 Å². The van der Waals surface area contributed by atoms with Gasteiger partial charge >= 0.3 is 5.97 Å². The molecule has 0 saturated heterocycles. The topological polar surface area (TPSA) is 84.5 Å². The van der Waals surface area contributed by atoms with Crippen molar-refractivity contribution in [3.63, 3.8) is 0 Å². The number of benzene rings is 3. The Morgan fingerprint density at radius 1 is 0.967 bits per heavy atom. The van der Waals surface area contributed by atoms with E-state index in [-0.39, 0.29) is 16.5 Å². The SMILES string of the molecule is COC(=O)c1ccc(NC(C)c2ccccc2)c(S(=O)(=O)Nc2ccc(C)cc2)c1. The summed E-state index contributed by atoms with van der Waals surface area (Å²) in [7, 11) is -2.71.